The predicted octanol–water partition coefficient (Wildman–Crippen LogP) is 0.543. The molecule has 3 N–H and O–H groups in total. The van der Waals surface area contributed by atoms with Crippen LogP contribution in [0.5, 0.6) is 0 Å². The number of amidine groups is 1. The van der Waals surface area contributed by atoms with Crippen LogP contribution in [0.15, 0.2) is 0 Å². The van der Waals surface area contributed by atoms with Crippen LogP contribution in [0.25, 0.3) is 0 Å². The van der Waals surface area contributed by atoms with Gasteiger partial charge in [0, 0.05) is 39.3 Å². The molecule has 0 spiro atoms. The number of nitrogens with zero attached hydrogens (tertiary/aromatic N) is 1. The Bertz CT molecular complexity index is 188. The molecule has 0 aromatic rings. The van der Waals surface area contributed by atoms with Crippen LogP contribution >= 0.6 is 0 Å². The maximum absolute atomic E-state index is 7.29. The van der Waals surface area contributed by atoms with Gasteiger partial charge in [0.15, 0.2) is 0 Å². The Morgan fingerprint density at radius 3 is 2.62 bits per heavy atom. The Labute approximate surface area is 98.4 Å². The maximum Gasteiger partial charge on any atom is 0.0947 e. The number of nitrogens with two attached hydrogens (primary N) is 1. The lowest BCUT2D eigenvalue weighted by atomic mass is 10.1. The monoisotopic (exact) mass is 231 g/mol. The fourth-order valence-corrected chi connectivity index (χ4v) is 1.28. The van der Waals surface area contributed by atoms with Gasteiger partial charge in [-0.25, -0.2) is 0 Å². The second kappa shape index (κ2) is 9.57. The number of rotatable bonds is 10. The van der Waals surface area contributed by atoms with E-state index in [4.69, 9.17) is 20.6 Å². The van der Waals surface area contributed by atoms with Gasteiger partial charge in [0.25, 0.3) is 0 Å². The lowest BCUT2D eigenvalue weighted by molar-refractivity contribution is 0.0877. The van der Waals surface area contributed by atoms with Crippen molar-refractivity contribution in [3.8, 4) is 0 Å². The molecule has 0 fully saturated rings. The van der Waals surface area contributed by atoms with E-state index in [1.54, 1.807) is 7.11 Å². The van der Waals surface area contributed by atoms with Gasteiger partial charge >= 0.3 is 0 Å². The number of nitrogens with one attached hydrogen (secondary N) is 1. The molecule has 0 aliphatic carbocycles. The fourth-order valence-electron chi connectivity index (χ4n) is 1.28. The van der Waals surface area contributed by atoms with Gasteiger partial charge in [-0.05, 0) is 13.5 Å². The number of methoxy groups -OCH3 is 1. The lowest BCUT2D eigenvalue weighted by Crippen LogP contribution is -2.33. The molecule has 0 heterocycles. The third-order valence-electron chi connectivity index (χ3n) is 2.37. The van der Waals surface area contributed by atoms with Gasteiger partial charge in [0.1, 0.15) is 0 Å². The molecular formula is C11H25N3O2. The van der Waals surface area contributed by atoms with Crippen LogP contribution in [-0.4, -0.2) is 57.8 Å². The first kappa shape index (κ1) is 15.3. The number of hydrogen-bond acceptors (Lipinski definition) is 4. The van der Waals surface area contributed by atoms with Crippen molar-refractivity contribution < 1.29 is 9.47 Å². The molecule has 0 aliphatic rings. The number of likely N-dealkylation sites (N-methyl/N-ethyl adjacent to an activating group) is 1. The van der Waals surface area contributed by atoms with E-state index in [-0.39, 0.29) is 11.8 Å². The smallest absolute Gasteiger partial charge is 0.0947 e. The molecule has 5 heteroatoms. The highest BCUT2D eigenvalue weighted by atomic mass is 16.5. The molecule has 0 aromatic carbocycles. The minimum atomic E-state index is 0.110. The highest BCUT2D eigenvalue weighted by Crippen LogP contribution is 1.97. The molecule has 1 atom stereocenters. The molecule has 0 rings (SSSR count). The first-order valence-electron chi connectivity index (χ1n) is 5.67. The molecule has 0 aliphatic heterocycles. The van der Waals surface area contributed by atoms with Crippen molar-refractivity contribution >= 4 is 5.84 Å². The van der Waals surface area contributed by atoms with Gasteiger partial charge in [-0.15, -0.1) is 0 Å². The van der Waals surface area contributed by atoms with Crippen LogP contribution in [0.4, 0.5) is 0 Å². The molecule has 0 saturated heterocycles. The highest BCUT2D eigenvalue weighted by molar-refractivity contribution is 5.79. The van der Waals surface area contributed by atoms with E-state index < -0.39 is 0 Å². The lowest BCUT2D eigenvalue weighted by Gasteiger charge is -2.20. The summed E-state index contributed by atoms with van der Waals surface area (Å²) in [6.45, 7) is 5.83. The van der Waals surface area contributed by atoms with Crippen molar-refractivity contribution in [2.75, 3.05) is 47.1 Å². The summed E-state index contributed by atoms with van der Waals surface area (Å²) in [5.74, 6) is 0.353. The van der Waals surface area contributed by atoms with E-state index in [9.17, 15) is 0 Å². The van der Waals surface area contributed by atoms with Crippen LogP contribution in [0.2, 0.25) is 0 Å². The van der Waals surface area contributed by atoms with Crippen molar-refractivity contribution in [1.82, 2.24) is 4.90 Å². The van der Waals surface area contributed by atoms with E-state index in [1.807, 2.05) is 14.0 Å². The van der Waals surface area contributed by atoms with Crippen molar-refractivity contribution in [2.24, 2.45) is 11.7 Å². The molecule has 0 amide bonds. The first-order chi connectivity index (χ1) is 7.57. The van der Waals surface area contributed by atoms with E-state index in [1.165, 1.54) is 0 Å². The van der Waals surface area contributed by atoms with Crippen molar-refractivity contribution in [3.05, 3.63) is 0 Å². The number of hydrogen-bond donors (Lipinski definition) is 2. The third kappa shape index (κ3) is 8.64. The Morgan fingerprint density at radius 1 is 1.38 bits per heavy atom. The standard InChI is InChI=1S/C11H25N3O2/c1-10(11(12)13)9-14(2)5-8-16-7-4-6-15-3/h10H,4-9H2,1-3H3,(H3,12,13). The summed E-state index contributed by atoms with van der Waals surface area (Å²) in [7, 11) is 3.70. The summed E-state index contributed by atoms with van der Waals surface area (Å²) in [6, 6.07) is 0. The topological polar surface area (TPSA) is 71.6 Å². The average molecular weight is 231 g/mol. The molecule has 96 valence electrons. The molecular weight excluding hydrogens is 206 g/mol. The van der Waals surface area contributed by atoms with E-state index >= 15 is 0 Å². The van der Waals surface area contributed by atoms with E-state index in [2.05, 4.69) is 4.90 Å². The zero-order valence-corrected chi connectivity index (χ0v) is 10.7. The van der Waals surface area contributed by atoms with Crippen molar-refractivity contribution in [3.63, 3.8) is 0 Å². The van der Waals surface area contributed by atoms with Gasteiger partial charge < -0.3 is 20.1 Å². The summed E-state index contributed by atoms with van der Waals surface area (Å²) >= 11 is 0. The van der Waals surface area contributed by atoms with Crippen molar-refractivity contribution in [1.29, 1.82) is 5.41 Å². The molecule has 0 bridgehead atoms. The van der Waals surface area contributed by atoms with Gasteiger partial charge in [-0.2, -0.15) is 0 Å². The molecule has 0 radical (unpaired) electrons. The summed E-state index contributed by atoms with van der Waals surface area (Å²) in [5.41, 5.74) is 5.41. The number of ether oxygens (including phenoxy) is 2. The zero-order chi connectivity index (χ0) is 12.4. The van der Waals surface area contributed by atoms with Gasteiger partial charge in [-0.1, -0.05) is 6.92 Å². The molecule has 16 heavy (non-hydrogen) atoms. The fraction of sp³-hybridized carbons (Fsp3) is 0.909. The van der Waals surface area contributed by atoms with E-state index in [0.717, 1.165) is 32.7 Å². The maximum atomic E-state index is 7.29. The zero-order valence-electron chi connectivity index (χ0n) is 10.7. The van der Waals surface area contributed by atoms with E-state index in [0.29, 0.717) is 6.61 Å². The Balaban J connectivity index is 3.36. The molecule has 0 saturated carbocycles. The summed E-state index contributed by atoms with van der Waals surface area (Å²) < 4.78 is 10.4. The highest BCUT2D eigenvalue weighted by Gasteiger charge is 2.08. The Morgan fingerprint density at radius 2 is 2.06 bits per heavy atom. The minimum Gasteiger partial charge on any atom is -0.387 e. The molecule has 0 aromatic heterocycles. The summed E-state index contributed by atoms with van der Waals surface area (Å²) in [6.07, 6.45) is 0.935. The van der Waals surface area contributed by atoms with Crippen LogP contribution in [0.3, 0.4) is 0 Å². The Hall–Kier alpha value is -0.650. The largest absolute Gasteiger partial charge is 0.387 e. The van der Waals surface area contributed by atoms with Gasteiger partial charge in [0.05, 0.1) is 12.4 Å². The third-order valence-corrected chi connectivity index (χ3v) is 2.37. The van der Waals surface area contributed by atoms with Gasteiger partial charge in [-0.3, -0.25) is 5.41 Å². The second-order valence-corrected chi connectivity index (χ2v) is 4.08. The first-order valence-corrected chi connectivity index (χ1v) is 5.67. The normalized spacial score (nSPS) is 13.0. The van der Waals surface area contributed by atoms with Crippen LogP contribution < -0.4 is 5.73 Å². The quantitative estimate of drug-likeness (QED) is 0.327. The van der Waals surface area contributed by atoms with Gasteiger partial charge in [0.2, 0.25) is 0 Å². The summed E-state index contributed by atoms with van der Waals surface area (Å²) in [4.78, 5) is 2.13. The van der Waals surface area contributed by atoms with Crippen LogP contribution in [0, 0.1) is 11.3 Å². The molecule has 5 nitrogen and oxygen atoms in total. The second-order valence-electron chi connectivity index (χ2n) is 4.08. The predicted molar refractivity (Wildman–Crippen MR) is 65.9 cm³/mol. The summed E-state index contributed by atoms with van der Waals surface area (Å²) in [5, 5.41) is 7.29. The average Bonchev–Trinajstić information content (AvgIpc) is 2.23. The molecule has 1 unspecified atom stereocenters. The van der Waals surface area contributed by atoms with Crippen LogP contribution in [-0.2, 0) is 9.47 Å². The minimum absolute atomic E-state index is 0.110. The Kier molecular flexibility index (Phi) is 9.18. The SMILES string of the molecule is COCCCOCCN(C)CC(C)C(=N)N. The van der Waals surface area contributed by atoms with Crippen molar-refractivity contribution in [2.45, 2.75) is 13.3 Å². The van der Waals surface area contributed by atoms with Crippen LogP contribution in [0.1, 0.15) is 13.3 Å².